The maximum absolute atomic E-state index is 13.2. The molecule has 2 atom stereocenters. The number of hydrogen-bond donors (Lipinski definition) is 0. The molecular weight excluding hydrogens is 396 g/mol. The zero-order valence-electron chi connectivity index (χ0n) is 17.7. The average molecular weight is 420 g/mol. The van der Waals surface area contributed by atoms with E-state index in [0.29, 0.717) is 11.3 Å². The van der Waals surface area contributed by atoms with E-state index < -0.39 is 16.3 Å². The summed E-state index contributed by atoms with van der Waals surface area (Å²) in [6, 6.07) is 14.3. The number of Topliss-reactive ketones (excluding diaryl/α,β-unsaturated/α-hetero) is 1. The van der Waals surface area contributed by atoms with Crippen molar-refractivity contribution >= 4 is 23.1 Å². The predicted octanol–water partition coefficient (Wildman–Crippen LogP) is 5.08. The second kappa shape index (κ2) is 7.34. The number of nitro groups is 1. The van der Waals surface area contributed by atoms with Crippen molar-refractivity contribution in [3.8, 4) is 0 Å². The van der Waals surface area contributed by atoms with E-state index in [4.69, 9.17) is 4.84 Å². The molecule has 2 fully saturated rings. The van der Waals surface area contributed by atoms with Crippen LogP contribution in [0.15, 0.2) is 66.4 Å². The minimum atomic E-state index is -0.670. The number of para-hydroxylation sites is 1. The molecule has 2 aliphatic rings. The summed E-state index contributed by atoms with van der Waals surface area (Å²) in [5.41, 5.74) is 0.746. The van der Waals surface area contributed by atoms with Crippen LogP contribution in [0.1, 0.15) is 44.0 Å². The van der Waals surface area contributed by atoms with Crippen molar-refractivity contribution in [3.05, 3.63) is 82.0 Å². The van der Waals surface area contributed by atoms with Crippen molar-refractivity contribution < 1.29 is 19.3 Å². The molecule has 4 rings (SSSR count). The number of carbonyl (C=O) groups excluding carboxylic acids is 2. The number of carbonyl (C=O) groups is 2. The first kappa shape index (κ1) is 20.8. The number of nitrogens with zero attached hydrogens (tertiary/aromatic N) is 2. The fourth-order valence-corrected chi connectivity index (χ4v) is 4.79. The van der Waals surface area contributed by atoms with Gasteiger partial charge in [0.15, 0.2) is 5.78 Å². The van der Waals surface area contributed by atoms with E-state index in [9.17, 15) is 19.7 Å². The van der Waals surface area contributed by atoms with Crippen molar-refractivity contribution in [1.29, 1.82) is 0 Å². The molecule has 0 amide bonds. The summed E-state index contributed by atoms with van der Waals surface area (Å²) in [4.78, 5) is 42.0. The molecular formula is C24H24N2O5. The molecule has 0 spiro atoms. The van der Waals surface area contributed by atoms with Crippen LogP contribution in [0, 0.1) is 26.9 Å². The Morgan fingerprint density at radius 1 is 1.13 bits per heavy atom. The first-order valence-corrected chi connectivity index (χ1v) is 10.2. The molecule has 0 aromatic heterocycles. The number of hydrogen-bond acceptors (Lipinski definition) is 6. The molecule has 31 heavy (non-hydrogen) atoms. The van der Waals surface area contributed by atoms with Crippen LogP contribution in [0.4, 0.5) is 11.4 Å². The van der Waals surface area contributed by atoms with Gasteiger partial charge in [-0.05, 0) is 48.4 Å². The summed E-state index contributed by atoms with van der Waals surface area (Å²) in [7, 11) is 0. The van der Waals surface area contributed by atoms with Gasteiger partial charge >= 0.3 is 5.97 Å². The molecule has 0 heterocycles. The normalized spacial score (nSPS) is 24.9. The number of non-ortho nitro benzene ring substituents is 1. The van der Waals surface area contributed by atoms with Gasteiger partial charge in [-0.1, -0.05) is 39.0 Å². The monoisotopic (exact) mass is 420 g/mol. The van der Waals surface area contributed by atoms with Crippen LogP contribution in [0.5, 0.6) is 0 Å². The maximum atomic E-state index is 13.2. The summed E-state index contributed by atoms with van der Waals surface area (Å²) in [5, 5.41) is 12.2. The van der Waals surface area contributed by atoms with Gasteiger partial charge in [-0.2, -0.15) is 5.06 Å². The van der Waals surface area contributed by atoms with Gasteiger partial charge in [0.05, 0.1) is 22.4 Å². The second-order valence-electron chi connectivity index (χ2n) is 8.90. The number of anilines is 1. The number of allylic oxidation sites excluding steroid dienone is 1. The van der Waals surface area contributed by atoms with E-state index in [-0.39, 0.29) is 28.4 Å². The molecule has 2 aromatic rings. The van der Waals surface area contributed by atoms with Crippen LogP contribution < -0.4 is 5.06 Å². The van der Waals surface area contributed by atoms with Gasteiger partial charge in [-0.25, -0.2) is 4.79 Å². The van der Waals surface area contributed by atoms with Gasteiger partial charge in [-0.3, -0.25) is 14.9 Å². The fourth-order valence-electron chi connectivity index (χ4n) is 4.79. The van der Waals surface area contributed by atoms with Gasteiger partial charge in [0.25, 0.3) is 5.69 Å². The number of fused-ring (bicyclic) bond motifs is 2. The number of rotatable bonds is 5. The number of benzene rings is 2. The Morgan fingerprint density at radius 3 is 2.32 bits per heavy atom. The molecule has 160 valence electrons. The Balaban J connectivity index is 1.67. The Hall–Kier alpha value is -3.48. The lowest BCUT2D eigenvalue weighted by atomic mass is 9.70. The van der Waals surface area contributed by atoms with Crippen LogP contribution >= 0.6 is 0 Å². The van der Waals surface area contributed by atoms with E-state index in [1.807, 2.05) is 25.1 Å². The largest absolute Gasteiger partial charge is 0.363 e. The lowest BCUT2D eigenvalue weighted by Crippen LogP contribution is -2.32. The zero-order valence-corrected chi connectivity index (χ0v) is 17.7. The third kappa shape index (κ3) is 3.30. The van der Waals surface area contributed by atoms with Crippen molar-refractivity contribution in [2.24, 2.45) is 16.7 Å². The SMILES string of the molecule is CC1(C)[C@H]2CC[C@]1(C)C(=O)C2=CN(OC(=O)c1ccc([N+](=O)[O-])cc1)c1ccccc1. The molecule has 2 bridgehead atoms. The standard InChI is InChI=1S/C24H24N2O5/c1-23(2)20-13-14-24(23,3)21(27)19(20)15-25(17-7-5-4-6-8-17)31-22(28)16-9-11-18(12-10-16)26(29)30/h4-12,15,20H,13-14H2,1-3H3/t20-,24+/m0/s1. The molecule has 0 aliphatic heterocycles. The molecule has 0 N–H and O–H groups in total. The van der Waals surface area contributed by atoms with E-state index in [2.05, 4.69) is 13.8 Å². The summed E-state index contributed by atoms with van der Waals surface area (Å²) in [5.74, 6) is -0.480. The van der Waals surface area contributed by atoms with Crippen molar-refractivity contribution in [3.63, 3.8) is 0 Å². The Kier molecular flexibility index (Phi) is 4.92. The number of nitro benzene ring substituents is 1. The van der Waals surface area contributed by atoms with E-state index in [1.165, 1.54) is 29.3 Å². The summed E-state index contributed by atoms with van der Waals surface area (Å²) in [6.07, 6.45) is 3.41. The number of ketones is 1. The molecule has 7 heteroatoms. The van der Waals surface area contributed by atoms with Gasteiger partial charge in [0, 0.05) is 23.1 Å². The smallest absolute Gasteiger partial charge is 0.331 e. The van der Waals surface area contributed by atoms with E-state index in [1.54, 1.807) is 18.3 Å². The fraction of sp³-hybridized carbons (Fsp3) is 0.333. The minimum Gasteiger partial charge on any atom is -0.331 e. The molecule has 0 radical (unpaired) electrons. The Labute approximate surface area is 180 Å². The first-order valence-electron chi connectivity index (χ1n) is 10.2. The van der Waals surface area contributed by atoms with Crippen molar-refractivity contribution in [2.45, 2.75) is 33.6 Å². The second-order valence-corrected chi connectivity index (χ2v) is 8.90. The highest BCUT2D eigenvalue weighted by Crippen LogP contribution is 2.65. The van der Waals surface area contributed by atoms with Gasteiger partial charge in [-0.15, -0.1) is 0 Å². The first-order chi connectivity index (χ1) is 14.6. The van der Waals surface area contributed by atoms with Crippen molar-refractivity contribution in [1.82, 2.24) is 0 Å². The molecule has 0 unspecified atom stereocenters. The van der Waals surface area contributed by atoms with Crippen LogP contribution in [0.25, 0.3) is 0 Å². The zero-order chi connectivity index (χ0) is 22.4. The lowest BCUT2D eigenvalue weighted by molar-refractivity contribution is -0.384. The summed E-state index contributed by atoms with van der Waals surface area (Å²) in [6.45, 7) is 6.27. The number of hydroxylamine groups is 1. The Morgan fingerprint density at radius 2 is 1.77 bits per heavy atom. The third-order valence-electron chi connectivity index (χ3n) is 7.13. The average Bonchev–Trinajstić information content (AvgIpc) is 3.07. The minimum absolute atomic E-state index is 0.0919. The quantitative estimate of drug-likeness (QED) is 0.381. The highest BCUT2D eigenvalue weighted by Gasteiger charge is 2.64. The summed E-state index contributed by atoms with van der Waals surface area (Å²) >= 11 is 0. The van der Waals surface area contributed by atoms with Crippen LogP contribution in [-0.2, 0) is 9.63 Å². The lowest BCUT2D eigenvalue weighted by Gasteiger charge is -2.31. The van der Waals surface area contributed by atoms with E-state index in [0.717, 1.165) is 12.8 Å². The predicted molar refractivity (Wildman–Crippen MR) is 115 cm³/mol. The van der Waals surface area contributed by atoms with E-state index >= 15 is 0 Å². The van der Waals surface area contributed by atoms with Gasteiger partial charge in [0.2, 0.25) is 0 Å². The Bertz CT molecular complexity index is 1070. The van der Waals surface area contributed by atoms with Gasteiger partial charge < -0.3 is 4.84 Å². The third-order valence-corrected chi connectivity index (χ3v) is 7.13. The topological polar surface area (TPSA) is 89.8 Å². The van der Waals surface area contributed by atoms with Crippen molar-refractivity contribution in [2.75, 3.05) is 5.06 Å². The molecule has 2 aliphatic carbocycles. The summed E-state index contributed by atoms with van der Waals surface area (Å²) < 4.78 is 0. The molecule has 2 aromatic carbocycles. The highest BCUT2D eigenvalue weighted by atomic mass is 16.7. The van der Waals surface area contributed by atoms with Crippen LogP contribution in [0.2, 0.25) is 0 Å². The highest BCUT2D eigenvalue weighted by molar-refractivity contribution is 6.05. The molecule has 0 saturated heterocycles. The maximum Gasteiger partial charge on any atom is 0.363 e. The van der Waals surface area contributed by atoms with Crippen LogP contribution in [0.3, 0.4) is 0 Å². The molecule has 2 saturated carbocycles. The van der Waals surface area contributed by atoms with Crippen LogP contribution in [-0.4, -0.2) is 16.7 Å². The molecule has 7 nitrogen and oxygen atoms in total. The van der Waals surface area contributed by atoms with Gasteiger partial charge in [0.1, 0.15) is 0 Å².